The topological polar surface area (TPSA) is 64.3 Å². The SMILES string of the molecule is Nc1ccc(OCCNC(=O)c2ccc(F)cc2F)cc1. The number of carbonyl (C=O) groups is 1. The van der Waals surface area contributed by atoms with Crippen LogP contribution in [0.1, 0.15) is 10.4 Å². The molecule has 3 N–H and O–H groups in total. The molecule has 0 aromatic heterocycles. The maximum absolute atomic E-state index is 13.4. The van der Waals surface area contributed by atoms with E-state index in [1.54, 1.807) is 24.3 Å². The molecule has 1 amide bonds. The van der Waals surface area contributed by atoms with Gasteiger partial charge >= 0.3 is 0 Å². The van der Waals surface area contributed by atoms with Gasteiger partial charge < -0.3 is 15.8 Å². The molecule has 0 saturated carbocycles. The Bertz CT molecular complexity index is 630. The lowest BCUT2D eigenvalue weighted by Crippen LogP contribution is -2.28. The molecule has 0 atom stereocenters. The summed E-state index contributed by atoms with van der Waals surface area (Å²) in [4.78, 5) is 11.7. The molecule has 2 aromatic rings. The Kier molecular flexibility index (Phi) is 4.71. The van der Waals surface area contributed by atoms with Crippen LogP contribution < -0.4 is 15.8 Å². The van der Waals surface area contributed by atoms with Crippen LogP contribution in [0, 0.1) is 11.6 Å². The maximum atomic E-state index is 13.4. The molecule has 0 bridgehead atoms. The highest BCUT2D eigenvalue weighted by molar-refractivity contribution is 5.94. The van der Waals surface area contributed by atoms with Crippen LogP contribution in [0.25, 0.3) is 0 Å². The highest BCUT2D eigenvalue weighted by atomic mass is 19.1. The van der Waals surface area contributed by atoms with Crippen molar-refractivity contribution in [2.24, 2.45) is 0 Å². The monoisotopic (exact) mass is 292 g/mol. The van der Waals surface area contributed by atoms with Gasteiger partial charge in [-0.25, -0.2) is 8.78 Å². The van der Waals surface area contributed by atoms with Crippen molar-refractivity contribution < 1.29 is 18.3 Å². The van der Waals surface area contributed by atoms with Crippen LogP contribution in [0.4, 0.5) is 14.5 Å². The third kappa shape index (κ3) is 4.17. The molecule has 2 rings (SSSR count). The van der Waals surface area contributed by atoms with Crippen LogP contribution in [0.5, 0.6) is 5.75 Å². The third-order valence-electron chi connectivity index (χ3n) is 2.71. The predicted molar refractivity (Wildman–Crippen MR) is 75.0 cm³/mol. The highest BCUT2D eigenvalue weighted by Gasteiger charge is 2.11. The number of hydrogen-bond donors (Lipinski definition) is 2. The first-order valence-corrected chi connectivity index (χ1v) is 6.28. The minimum Gasteiger partial charge on any atom is -0.492 e. The zero-order chi connectivity index (χ0) is 15.2. The minimum absolute atomic E-state index is 0.194. The van der Waals surface area contributed by atoms with Crippen molar-refractivity contribution >= 4 is 11.6 Å². The van der Waals surface area contributed by atoms with Crippen LogP contribution in [0.3, 0.4) is 0 Å². The van der Waals surface area contributed by atoms with Crippen molar-refractivity contribution in [2.75, 3.05) is 18.9 Å². The van der Waals surface area contributed by atoms with Crippen LogP contribution >= 0.6 is 0 Å². The van der Waals surface area contributed by atoms with Gasteiger partial charge in [-0.3, -0.25) is 4.79 Å². The lowest BCUT2D eigenvalue weighted by atomic mass is 10.2. The molecule has 4 nitrogen and oxygen atoms in total. The molecular weight excluding hydrogens is 278 g/mol. The number of hydrogen-bond acceptors (Lipinski definition) is 3. The molecule has 0 aliphatic carbocycles. The first kappa shape index (κ1) is 14.8. The number of nitrogen functional groups attached to an aromatic ring is 1. The molecule has 110 valence electrons. The van der Waals surface area contributed by atoms with Crippen molar-refractivity contribution in [3.8, 4) is 5.75 Å². The fourth-order valence-electron chi connectivity index (χ4n) is 1.67. The number of rotatable bonds is 5. The molecule has 0 unspecified atom stereocenters. The Labute approximate surface area is 120 Å². The molecule has 0 aliphatic heterocycles. The summed E-state index contributed by atoms with van der Waals surface area (Å²) in [5.41, 5.74) is 5.96. The molecule has 6 heteroatoms. The van der Waals surface area contributed by atoms with E-state index in [1.165, 1.54) is 0 Å². The Hall–Kier alpha value is -2.63. The zero-order valence-electron chi connectivity index (χ0n) is 11.1. The summed E-state index contributed by atoms with van der Waals surface area (Å²) < 4.78 is 31.5. The standard InChI is InChI=1S/C15H14F2N2O2/c16-10-1-6-13(14(17)9-10)15(20)19-7-8-21-12-4-2-11(18)3-5-12/h1-6,9H,7-8,18H2,(H,19,20). The molecule has 0 heterocycles. The average Bonchev–Trinajstić information content (AvgIpc) is 2.45. The minimum atomic E-state index is -0.896. The summed E-state index contributed by atoms with van der Waals surface area (Å²) in [7, 11) is 0. The van der Waals surface area contributed by atoms with Gasteiger partial charge in [0.25, 0.3) is 5.91 Å². The number of carbonyl (C=O) groups excluding carboxylic acids is 1. The van der Waals surface area contributed by atoms with E-state index in [2.05, 4.69) is 5.32 Å². The van der Waals surface area contributed by atoms with Crippen LogP contribution in [-0.4, -0.2) is 19.1 Å². The first-order valence-electron chi connectivity index (χ1n) is 6.28. The van der Waals surface area contributed by atoms with Crippen LogP contribution in [0.15, 0.2) is 42.5 Å². The van der Waals surface area contributed by atoms with Gasteiger partial charge in [0, 0.05) is 11.8 Å². The second kappa shape index (κ2) is 6.69. The fourth-order valence-corrected chi connectivity index (χ4v) is 1.67. The fraction of sp³-hybridized carbons (Fsp3) is 0.133. The Morgan fingerprint density at radius 3 is 2.52 bits per heavy atom. The maximum Gasteiger partial charge on any atom is 0.254 e. The lowest BCUT2D eigenvalue weighted by Gasteiger charge is -2.08. The third-order valence-corrected chi connectivity index (χ3v) is 2.71. The number of benzene rings is 2. The number of nitrogens with one attached hydrogen (secondary N) is 1. The van der Waals surface area contributed by atoms with Crippen LogP contribution in [0.2, 0.25) is 0 Å². The summed E-state index contributed by atoms with van der Waals surface area (Å²) in [6, 6.07) is 9.60. The van der Waals surface area contributed by atoms with Gasteiger partial charge in [0.05, 0.1) is 12.1 Å². The Morgan fingerprint density at radius 2 is 1.86 bits per heavy atom. The summed E-state index contributed by atoms with van der Waals surface area (Å²) in [6.45, 7) is 0.415. The summed E-state index contributed by atoms with van der Waals surface area (Å²) in [5.74, 6) is -1.62. The first-order chi connectivity index (χ1) is 10.1. The summed E-state index contributed by atoms with van der Waals surface area (Å²) in [5, 5.41) is 2.49. The molecule has 0 aliphatic rings. The van der Waals surface area contributed by atoms with Gasteiger partial charge in [-0.05, 0) is 36.4 Å². The van der Waals surface area contributed by atoms with E-state index in [4.69, 9.17) is 10.5 Å². The van der Waals surface area contributed by atoms with Crippen LogP contribution in [-0.2, 0) is 0 Å². The quantitative estimate of drug-likeness (QED) is 0.657. The van der Waals surface area contributed by atoms with Gasteiger partial charge in [0.15, 0.2) is 0 Å². The molecule has 0 spiro atoms. The van der Waals surface area contributed by atoms with Crippen molar-refractivity contribution in [2.45, 2.75) is 0 Å². The van der Waals surface area contributed by atoms with Gasteiger partial charge in [0.1, 0.15) is 24.0 Å². The molecule has 0 fully saturated rings. The Morgan fingerprint density at radius 1 is 1.14 bits per heavy atom. The highest BCUT2D eigenvalue weighted by Crippen LogP contribution is 2.12. The zero-order valence-corrected chi connectivity index (χ0v) is 11.1. The number of amides is 1. The number of halogens is 2. The van der Waals surface area contributed by atoms with Gasteiger partial charge in [0.2, 0.25) is 0 Å². The lowest BCUT2D eigenvalue weighted by molar-refractivity contribution is 0.0943. The molecule has 2 aromatic carbocycles. The van der Waals surface area contributed by atoms with E-state index in [0.29, 0.717) is 17.5 Å². The number of ether oxygens (including phenoxy) is 1. The van der Waals surface area contributed by atoms with E-state index in [0.717, 1.165) is 12.1 Å². The van der Waals surface area contributed by atoms with E-state index < -0.39 is 17.5 Å². The molecule has 21 heavy (non-hydrogen) atoms. The van der Waals surface area contributed by atoms with Gasteiger partial charge in [-0.2, -0.15) is 0 Å². The van der Waals surface area contributed by atoms with Crippen molar-refractivity contribution in [1.82, 2.24) is 5.32 Å². The van der Waals surface area contributed by atoms with E-state index in [1.807, 2.05) is 0 Å². The van der Waals surface area contributed by atoms with E-state index in [9.17, 15) is 13.6 Å². The molecular formula is C15H14F2N2O2. The van der Waals surface area contributed by atoms with Crippen molar-refractivity contribution in [1.29, 1.82) is 0 Å². The van der Waals surface area contributed by atoms with Crippen molar-refractivity contribution in [3.05, 3.63) is 59.7 Å². The number of nitrogens with two attached hydrogens (primary N) is 1. The average molecular weight is 292 g/mol. The van der Waals surface area contributed by atoms with Gasteiger partial charge in [-0.1, -0.05) is 0 Å². The normalized spacial score (nSPS) is 10.2. The van der Waals surface area contributed by atoms with E-state index >= 15 is 0 Å². The van der Waals surface area contributed by atoms with E-state index in [-0.39, 0.29) is 18.7 Å². The van der Waals surface area contributed by atoms with Gasteiger partial charge in [-0.15, -0.1) is 0 Å². The summed E-state index contributed by atoms with van der Waals surface area (Å²) >= 11 is 0. The second-order valence-corrected chi connectivity index (χ2v) is 4.30. The molecule has 0 saturated heterocycles. The van der Waals surface area contributed by atoms with Crippen molar-refractivity contribution in [3.63, 3.8) is 0 Å². The predicted octanol–water partition coefficient (Wildman–Crippen LogP) is 2.36. The largest absolute Gasteiger partial charge is 0.492 e. The smallest absolute Gasteiger partial charge is 0.254 e. The number of anilines is 1. The molecule has 0 radical (unpaired) electrons. The second-order valence-electron chi connectivity index (χ2n) is 4.30. The summed E-state index contributed by atoms with van der Waals surface area (Å²) in [6.07, 6.45) is 0. The Balaban J connectivity index is 1.80.